The first-order valence-electron chi connectivity index (χ1n) is 8.12. The van der Waals surface area contributed by atoms with Crippen LogP contribution in [0.5, 0.6) is 0 Å². The second-order valence-electron chi connectivity index (χ2n) is 5.45. The first-order valence-corrected chi connectivity index (χ1v) is 8.12. The Kier molecular flexibility index (Phi) is 12.1. The van der Waals surface area contributed by atoms with Gasteiger partial charge in [-0.15, -0.1) is 6.58 Å². The molecule has 0 aromatic rings. The monoisotopic (exact) mass is 311 g/mol. The zero-order valence-electron chi connectivity index (χ0n) is 13.7. The summed E-state index contributed by atoms with van der Waals surface area (Å²) >= 11 is 0. The van der Waals surface area contributed by atoms with E-state index in [-0.39, 0.29) is 23.5 Å². The number of ether oxygens (including phenoxy) is 1. The van der Waals surface area contributed by atoms with Gasteiger partial charge >= 0.3 is 5.97 Å². The molecule has 1 atom stereocenters. The molecule has 0 aliphatic carbocycles. The van der Waals surface area contributed by atoms with E-state index in [0.29, 0.717) is 6.42 Å². The molecule has 0 N–H and O–H groups in total. The lowest BCUT2D eigenvalue weighted by Crippen LogP contribution is -2.22. The summed E-state index contributed by atoms with van der Waals surface area (Å²) in [4.78, 5) is 22.2. The van der Waals surface area contributed by atoms with Gasteiger partial charge < -0.3 is 4.74 Å². The minimum absolute atomic E-state index is 0.0746. The van der Waals surface area contributed by atoms with E-state index in [1.165, 1.54) is 12.8 Å². The maximum absolute atomic E-state index is 11.5. The summed E-state index contributed by atoms with van der Waals surface area (Å²) in [6, 6.07) is -0.738. The number of hydrogen-bond donors (Lipinski definition) is 0. The highest BCUT2D eigenvalue weighted by atomic mass is 16.6. The lowest BCUT2D eigenvalue weighted by Gasteiger charge is -2.11. The molecule has 0 bridgehead atoms. The van der Waals surface area contributed by atoms with Crippen LogP contribution >= 0.6 is 0 Å². The Morgan fingerprint density at radius 2 is 1.82 bits per heavy atom. The predicted octanol–water partition coefficient (Wildman–Crippen LogP) is 4.45. The Morgan fingerprint density at radius 3 is 2.36 bits per heavy atom. The average Bonchev–Trinajstić information content (AvgIpc) is 2.48. The molecule has 0 aliphatic rings. The molecule has 0 heterocycles. The Balaban J connectivity index is 3.91. The third-order valence-electron chi connectivity index (χ3n) is 3.54. The largest absolute Gasteiger partial charge is 0.463 e. The molecule has 5 nitrogen and oxygen atoms in total. The molecule has 22 heavy (non-hydrogen) atoms. The minimum Gasteiger partial charge on any atom is -0.463 e. The van der Waals surface area contributed by atoms with E-state index in [9.17, 15) is 14.9 Å². The predicted molar refractivity (Wildman–Crippen MR) is 88.3 cm³/mol. The van der Waals surface area contributed by atoms with Crippen molar-refractivity contribution in [3.8, 4) is 0 Å². The number of nitrogens with zero attached hydrogens (tertiary/aromatic N) is 1. The third kappa shape index (κ3) is 10.1. The van der Waals surface area contributed by atoms with Crippen LogP contribution in [0.1, 0.15) is 64.7 Å². The van der Waals surface area contributed by atoms with Gasteiger partial charge in [0.2, 0.25) is 6.04 Å². The van der Waals surface area contributed by atoms with Crippen molar-refractivity contribution < 1.29 is 14.5 Å². The lowest BCUT2D eigenvalue weighted by atomic mass is 10.0. The third-order valence-corrected chi connectivity index (χ3v) is 3.54. The molecule has 0 aromatic carbocycles. The summed E-state index contributed by atoms with van der Waals surface area (Å²) in [6.07, 6.45) is 9.95. The van der Waals surface area contributed by atoms with E-state index in [0.717, 1.165) is 32.1 Å². The Labute approximate surface area is 133 Å². The first-order chi connectivity index (χ1) is 10.5. The molecule has 126 valence electrons. The van der Waals surface area contributed by atoms with Crippen LogP contribution in [0.25, 0.3) is 0 Å². The Morgan fingerprint density at radius 1 is 1.23 bits per heavy atom. The van der Waals surface area contributed by atoms with Crippen LogP contribution in [0.4, 0.5) is 0 Å². The number of allylic oxidation sites excluding steroid dienone is 1. The molecule has 0 fully saturated rings. The van der Waals surface area contributed by atoms with Crippen LogP contribution in [0.2, 0.25) is 0 Å². The van der Waals surface area contributed by atoms with Gasteiger partial charge in [-0.2, -0.15) is 0 Å². The highest BCUT2D eigenvalue weighted by Gasteiger charge is 2.23. The van der Waals surface area contributed by atoms with Crippen molar-refractivity contribution in [2.75, 3.05) is 6.61 Å². The number of hydrogen-bond acceptors (Lipinski definition) is 4. The van der Waals surface area contributed by atoms with Crippen molar-refractivity contribution >= 4 is 5.97 Å². The number of carbonyl (C=O) groups is 1. The number of rotatable bonds is 14. The fourth-order valence-electron chi connectivity index (χ4n) is 2.26. The van der Waals surface area contributed by atoms with Crippen molar-refractivity contribution in [2.24, 2.45) is 0 Å². The summed E-state index contributed by atoms with van der Waals surface area (Å²) in [5, 5.41) is 11.1. The molecule has 0 spiro atoms. The average molecular weight is 311 g/mol. The lowest BCUT2D eigenvalue weighted by molar-refractivity contribution is -0.523. The Hall–Kier alpha value is -1.65. The van der Waals surface area contributed by atoms with Gasteiger partial charge in [0.1, 0.15) is 0 Å². The van der Waals surface area contributed by atoms with Gasteiger partial charge in [-0.3, -0.25) is 10.1 Å². The fourth-order valence-corrected chi connectivity index (χ4v) is 2.26. The second kappa shape index (κ2) is 13.0. The van der Waals surface area contributed by atoms with Crippen LogP contribution in [0, 0.1) is 10.1 Å². The maximum atomic E-state index is 11.5. The molecule has 0 radical (unpaired) electrons. The van der Waals surface area contributed by atoms with Crippen LogP contribution in [0.3, 0.4) is 0 Å². The SMILES string of the molecule is C=CCCCCCCCCC(CC(=C)C(=O)OCC)[N+](=O)[O-]. The standard InChI is InChI=1S/C17H29NO4/c1-4-6-7-8-9-10-11-12-13-16(18(20)21)14-15(3)17(19)22-5-2/h4,16H,1,3,5-14H2,2H3. The highest BCUT2D eigenvalue weighted by Crippen LogP contribution is 2.16. The van der Waals surface area contributed by atoms with Crippen molar-refractivity contribution in [2.45, 2.75) is 70.8 Å². The highest BCUT2D eigenvalue weighted by molar-refractivity contribution is 5.87. The molecule has 0 aliphatic heterocycles. The molecule has 0 saturated carbocycles. The van der Waals surface area contributed by atoms with Crippen LogP contribution in [0.15, 0.2) is 24.8 Å². The van der Waals surface area contributed by atoms with E-state index in [2.05, 4.69) is 13.2 Å². The molecular weight excluding hydrogens is 282 g/mol. The van der Waals surface area contributed by atoms with Crippen molar-refractivity contribution in [3.05, 3.63) is 34.9 Å². The zero-order chi connectivity index (χ0) is 16.8. The molecule has 0 rings (SSSR count). The van der Waals surface area contributed by atoms with Gasteiger partial charge in [0.15, 0.2) is 0 Å². The van der Waals surface area contributed by atoms with E-state index < -0.39 is 12.0 Å². The van der Waals surface area contributed by atoms with E-state index >= 15 is 0 Å². The minimum atomic E-state index is -0.738. The maximum Gasteiger partial charge on any atom is 0.333 e. The quantitative estimate of drug-likeness (QED) is 0.119. The topological polar surface area (TPSA) is 69.4 Å². The van der Waals surface area contributed by atoms with Crippen LogP contribution < -0.4 is 0 Å². The van der Waals surface area contributed by atoms with Crippen molar-refractivity contribution in [1.29, 1.82) is 0 Å². The molecule has 1 unspecified atom stereocenters. The van der Waals surface area contributed by atoms with Crippen molar-refractivity contribution in [3.63, 3.8) is 0 Å². The van der Waals surface area contributed by atoms with Crippen LogP contribution in [-0.4, -0.2) is 23.5 Å². The normalized spacial score (nSPS) is 11.7. The number of nitro groups is 1. The van der Waals surface area contributed by atoms with Gasteiger partial charge in [-0.25, -0.2) is 4.79 Å². The summed E-state index contributed by atoms with van der Waals surface area (Å²) in [7, 11) is 0. The van der Waals surface area contributed by atoms with Gasteiger partial charge in [-0.1, -0.05) is 38.3 Å². The Bertz CT molecular complexity index is 366. The van der Waals surface area contributed by atoms with Gasteiger partial charge in [-0.05, 0) is 26.2 Å². The van der Waals surface area contributed by atoms with Gasteiger partial charge in [0, 0.05) is 23.3 Å². The molecule has 0 saturated heterocycles. The second-order valence-corrected chi connectivity index (χ2v) is 5.45. The summed E-state index contributed by atoms with van der Waals surface area (Å²) in [6.45, 7) is 9.24. The number of esters is 1. The zero-order valence-corrected chi connectivity index (χ0v) is 13.7. The molecule has 0 aromatic heterocycles. The number of unbranched alkanes of at least 4 members (excludes halogenated alkanes) is 6. The summed E-state index contributed by atoms with van der Waals surface area (Å²) < 4.78 is 4.81. The van der Waals surface area contributed by atoms with Gasteiger partial charge in [0.25, 0.3) is 0 Å². The van der Waals surface area contributed by atoms with Crippen LogP contribution in [-0.2, 0) is 9.53 Å². The first kappa shape index (κ1) is 20.3. The molecule has 5 heteroatoms. The molecular formula is C17H29NO4. The fraction of sp³-hybridized carbons (Fsp3) is 0.706. The van der Waals surface area contributed by atoms with E-state index in [1.807, 2.05) is 6.08 Å². The van der Waals surface area contributed by atoms with Gasteiger partial charge in [0.05, 0.1) is 6.61 Å². The van der Waals surface area contributed by atoms with E-state index in [4.69, 9.17) is 4.74 Å². The van der Waals surface area contributed by atoms with E-state index in [1.54, 1.807) is 6.92 Å². The van der Waals surface area contributed by atoms with Crippen molar-refractivity contribution in [1.82, 2.24) is 0 Å². The summed E-state index contributed by atoms with van der Waals surface area (Å²) in [5.41, 5.74) is 0.188. The summed E-state index contributed by atoms with van der Waals surface area (Å²) in [5.74, 6) is -0.531. The molecule has 0 amide bonds. The number of carbonyl (C=O) groups excluding carboxylic acids is 1. The smallest absolute Gasteiger partial charge is 0.333 e.